The summed E-state index contributed by atoms with van der Waals surface area (Å²) >= 11 is 0. The summed E-state index contributed by atoms with van der Waals surface area (Å²) in [4.78, 5) is 26.9. The van der Waals surface area contributed by atoms with Crippen LogP contribution < -0.4 is 5.32 Å². The number of ketones is 1. The lowest BCUT2D eigenvalue weighted by atomic mass is 10.1. The van der Waals surface area contributed by atoms with Crippen LogP contribution in [-0.2, 0) is 27.7 Å². The van der Waals surface area contributed by atoms with Crippen molar-refractivity contribution in [3.63, 3.8) is 0 Å². The summed E-state index contributed by atoms with van der Waals surface area (Å²) in [6.45, 7) is 4.87. The van der Waals surface area contributed by atoms with E-state index in [4.69, 9.17) is 0 Å². The number of hydrogen-bond donors (Lipinski definition) is 1. The van der Waals surface area contributed by atoms with Gasteiger partial charge in [0.2, 0.25) is 15.9 Å². The van der Waals surface area contributed by atoms with Crippen LogP contribution >= 0.6 is 0 Å². The number of anilines is 1. The smallest absolute Gasteiger partial charge is 0.243 e. The van der Waals surface area contributed by atoms with Gasteiger partial charge in [-0.3, -0.25) is 14.5 Å². The molecule has 0 aromatic heterocycles. The van der Waals surface area contributed by atoms with Gasteiger partial charge >= 0.3 is 0 Å². The number of benzene rings is 2. The van der Waals surface area contributed by atoms with E-state index < -0.39 is 16.1 Å². The van der Waals surface area contributed by atoms with Crippen molar-refractivity contribution in [1.82, 2.24) is 9.21 Å². The Kier molecular flexibility index (Phi) is 6.46. The van der Waals surface area contributed by atoms with Crippen LogP contribution in [0.1, 0.15) is 41.8 Å². The van der Waals surface area contributed by atoms with Crippen LogP contribution in [0.4, 0.5) is 5.69 Å². The molecule has 1 heterocycles. The number of carbonyl (C=O) groups excluding carboxylic acids is 2. The van der Waals surface area contributed by atoms with Crippen molar-refractivity contribution in [2.24, 2.45) is 0 Å². The first-order valence-corrected chi connectivity index (χ1v) is 12.5. The highest BCUT2D eigenvalue weighted by atomic mass is 32.2. The molecule has 1 unspecified atom stereocenters. The van der Waals surface area contributed by atoms with E-state index in [1.54, 1.807) is 37.3 Å². The molecule has 1 aliphatic carbocycles. The molecule has 7 nitrogen and oxygen atoms in total. The van der Waals surface area contributed by atoms with Gasteiger partial charge in [-0.25, -0.2) is 8.42 Å². The van der Waals surface area contributed by atoms with Crippen LogP contribution in [-0.4, -0.2) is 61.5 Å². The SMILES string of the molecule is CC(=O)c1ccccc1NC(=O)C(C)N1CCN(S(=O)(=O)c2ccc3c(c2)CCC3)CC1. The van der Waals surface area contributed by atoms with Crippen LogP contribution in [0.25, 0.3) is 0 Å². The Morgan fingerprint density at radius 1 is 0.969 bits per heavy atom. The molecule has 170 valence electrons. The van der Waals surface area contributed by atoms with E-state index in [0.29, 0.717) is 42.3 Å². The Hall–Kier alpha value is -2.55. The maximum absolute atomic E-state index is 13.1. The van der Waals surface area contributed by atoms with E-state index in [1.165, 1.54) is 16.8 Å². The molecule has 1 atom stereocenters. The third-order valence-electron chi connectivity index (χ3n) is 6.47. The lowest BCUT2D eigenvalue weighted by Gasteiger charge is -2.36. The lowest BCUT2D eigenvalue weighted by Crippen LogP contribution is -2.53. The number of rotatable bonds is 6. The van der Waals surface area contributed by atoms with Crippen LogP contribution in [0, 0.1) is 0 Å². The molecule has 2 aromatic rings. The summed E-state index contributed by atoms with van der Waals surface area (Å²) in [5.41, 5.74) is 3.36. The van der Waals surface area contributed by atoms with E-state index in [0.717, 1.165) is 24.8 Å². The van der Waals surface area contributed by atoms with Gasteiger partial charge in [0.05, 0.1) is 16.6 Å². The number of hydrogen-bond acceptors (Lipinski definition) is 5. The highest BCUT2D eigenvalue weighted by molar-refractivity contribution is 7.89. The van der Waals surface area contributed by atoms with Crippen molar-refractivity contribution in [3.8, 4) is 0 Å². The van der Waals surface area contributed by atoms with Gasteiger partial charge in [-0.2, -0.15) is 4.31 Å². The summed E-state index contributed by atoms with van der Waals surface area (Å²) in [5.74, 6) is -0.326. The molecule has 1 saturated heterocycles. The van der Waals surface area contributed by atoms with Gasteiger partial charge in [0.15, 0.2) is 5.78 Å². The second-order valence-corrected chi connectivity index (χ2v) is 10.4. The van der Waals surface area contributed by atoms with E-state index in [1.807, 2.05) is 17.0 Å². The van der Waals surface area contributed by atoms with Crippen LogP contribution in [0.2, 0.25) is 0 Å². The summed E-state index contributed by atoms with van der Waals surface area (Å²) < 4.78 is 27.8. The van der Waals surface area contributed by atoms with Gasteiger partial charge in [-0.1, -0.05) is 18.2 Å². The molecule has 1 fully saturated rings. The van der Waals surface area contributed by atoms with Crippen molar-refractivity contribution < 1.29 is 18.0 Å². The van der Waals surface area contributed by atoms with Crippen molar-refractivity contribution in [3.05, 3.63) is 59.2 Å². The minimum Gasteiger partial charge on any atom is -0.324 e. The highest BCUT2D eigenvalue weighted by Crippen LogP contribution is 2.27. The summed E-state index contributed by atoms with van der Waals surface area (Å²) in [5, 5.41) is 2.85. The molecule has 0 radical (unpaired) electrons. The predicted octanol–water partition coefficient (Wildman–Crippen LogP) is 2.71. The number of carbonyl (C=O) groups is 2. The van der Waals surface area contributed by atoms with Crippen molar-refractivity contribution >= 4 is 27.4 Å². The first-order chi connectivity index (χ1) is 15.3. The van der Waals surface area contributed by atoms with Crippen LogP contribution in [0.5, 0.6) is 0 Å². The zero-order valence-corrected chi connectivity index (χ0v) is 19.3. The summed E-state index contributed by atoms with van der Waals surface area (Å²) in [6, 6.07) is 12.0. The van der Waals surface area contributed by atoms with Crippen LogP contribution in [0.15, 0.2) is 47.4 Å². The summed E-state index contributed by atoms with van der Waals surface area (Å²) in [7, 11) is -3.55. The maximum Gasteiger partial charge on any atom is 0.243 e. The Morgan fingerprint density at radius 2 is 1.66 bits per heavy atom. The minimum atomic E-state index is -3.55. The molecule has 32 heavy (non-hydrogen) atoms. The minimum absolute atomic E-state index is 0.112. The highest BCUT2D eigenvalue weighted by Gasteiger charge is 2.32. The maximum atomic E-state index is 13.1. The molecule has 0 saturated carbocycles. The van der Waals surface area contributed by atoms with E-state index in [2.05, 4.69) is 5.32 Å². The molecular formula is C24H29N3O4S. The first kappa shape index (κ1) is 22.6. The average molecular weight is 456 g/mol. The molecule has 2 aliphatic rings. The van der Waals surface area contributed by atoms with Gasteiger partial charge in [-0.05, 0) is 68.5 Å². The van der Waals surface area contributed by atoms with E-state index in [-0.39, 0.29) is 11.7 Å². The normalized spacial score (nSPS) is 18.2. The number of aryl methyl sites for hydroxylation is 2. The van der Waals surface area contributed by atoms with E-state index >= 15 is 0 Å². The number of sulfonamides is 1. The molecule has 1 N–H and O–H groups in total. The quantitative estimate of drug-likeness (QED) is 0.677. The second-order valence-electron chi connectivity index (χ2n) is 8.49. The zero-order valence-electron chi connectivity index (χ0n) is 18.5. The number of amides is 1. The number of piperazine rings is 1. The molecule has 1 aliphatic heterocycles. The molecule has 8 heteroatoms. The third kappa shape index (κ3) is 4.48. The fourth-order valence-corrected chi connectivity index (χ4v) is 5.96. The predicted molar refractivity (Wildman–Crippen MR) is 123 cm³/mol. The van der Waals surface area contributed by atoms with Crippen LogP contribution in [0.3, 0.4) is 0 Å². The second kappa shape index (κ2) is 9.13. The molecule has 1 amide bonds. The number of fused-ring (bicyclic) bond motifs is 1. The van der Waals surface area contributed by atoms with Crippen molar-refractivity contribution in [2.75, 3.05) is 31.5 Å². The Morgan fingerprint density at radius 3 is 2.38 bits per heavy atom. The number of nitrogens with one attached hydrogen (secondary N) is 1. The number of para-hydroxylation sites is 1. The van der Waals surface area contributed by atoms with Crippen molar-refractivity contribution in [2.45, 2.75) is 44.0 Å². The fourth-order valence-electron chi connectivity index (χ4n) is 4.49. The number of Topliss-reactive ketones (excluding diaryl/α,β-unsaturated/α-hetero) is 1. The van der Waals surface area contributed by atoms with Gasteiger partial charge in [0, 0.05) is 31.7 Å². The topological polar surface area (TPSA) is 86.8 Å². The molecule has 0 spiro atoms. The van der Waals surface area contributed by atoms with E-state index in [9.17, 15) is 18.0 Å². The Bertz CT molecular complexity index is 1140. The van der Waals surface area contributed by atoms with Gasteiger partial charge in [-0.15, -0.1) is 0 Å². The number of nitrogens with zero attached hydrogens (tertiary/aromatic N) is 2. The molecule has 0 bridgehead atoms. The third-order valence-corrected chi connectivity index (χ3v) is 8.37. The standard InChI is InChI=1S/C24H29N3O4S/c1-17(24(29)25-23-9-4-3-8-22(23)18(2)28)26-12-14-27(15-13-26)32(30,31)21-11-10-19-6-5-7-20(19)16-21/h3-4,8-11,16-17H,5-7,12-15H2,1-2H3,(H,25,29). The Balaban J connectivity index is 1.39. The molecule has 4 rings (SSSR count). The van der Waals surface area contributed by atoms with Crippen molar-refractivity contribution in [1.29, 1.82) is 0 Å². The summed E-state index contributed by atoms with van der Waals surface area (Å²) in [6.07, 6.45) is 3.03. The monoisotopic (exact) mass is 455 g/mol. The molecule has 2 aromatic carbocycles. The lowest BCUT2D eigenvalue weighted by molar-refractivity contribution is -0.121. The van der Waals surface area contributed by atoms with Gasteiger partial charge in [0.1, 0.15) is 0 Å². The van der Waals surface area contributed by atoms with Gasteiger partial charge < -0.3 is 5.32 Å². The average Bonchev–Trinajstić information content (AvgIpc) is 3.27. The first-order valence-electron chi connectivity index (χ1n) is 11.0. The fraction of sp³-hybridized carbons (Fsp3) is 0.417. The zero-order chi connectivity index (χ0) is 22.9. The van der Waals surface area contributed by atoms with Gasteiger partial charge in [0.25, 0.3) is 0 Å². The Labute approximate surface area is 189 Å². The molecular weight excluding hydrogens is 426 g/mol. The largest absolute Gasteiger partial charge is 0.324 e.